The van der Waals surface area contributed by atoms with Gasteiger partial charge in [0.15, 0.2) is 0 Å². The molecule has 1 aliphatic heterocycles. The molecular formula is C15H15N3O2. The molecule has 0 saturated carbocycles. The topological polar surface area (TPSA) is 75.4 Å². The molecule has 5 nitrogen and oxygen atoms in total. The van der Waals surface area contributed by atoms with Crippen molar-refractivity contribution in [2.45, 2.75) is 6.42 Å². The summed E-state index contributed by atoms with van der Waals surface area (Å²) in [5, 5.41) is 2.08. The van der Waals surface area contributed by atoms with Crippen LogP contribution in [-0.2, 0) is 9.59 Å². The van der Waals surface area contributed by atoms with Crippen LogP contribution in [0.2, 0.25) is 0 Å². The second kappa shape index (κ2) is 4.94. The van der Waals surface area contributed by atoms with Gasteiger partial charge in [-0.15, -0.1) is 0 Å². The van der Waals surface area contributed by atoms with Crippen LogP contribution < -0.4 is 16.2 Å². The van der Waals surface area contributed by atoms with E-state index in [9.17, 15) is 9.59 Å². The van der Waals surface area contributed by atoms with E-state index >= 15 is 0 Å². The van der Waals surface area contributed by atoms with Crippen molar-refractivity contribution in [3.8, 4) is 0 Å². The van der Waals surface area contributed by atoms with Gasteiger partial charge in [-0.2, -0.15) is 0 Å². The van der Waals surface area contributed by atoms with Crippen LogP contribution in [0, 0.1) is 5.92 Å². The number of nitrogens with zero attached hydrogens (tertiary/aromatic N) is 1. The summed E-state index contributed by atoms with van der Waals surface area (Å²) in [6, 6.07) is 13.7. The van der Waals surface area contributed by atoms with Crippen molar-refractivity contribution in [3.05, 3.63) is 42.5 Å². The first-order valence-electron chi connectivity index (χ1n) is 6.49. The summed E-state index contributed by atoms with van der Waals surface area (Å²) >= 11 is 0. The predicted octanol–water partition coefficient (Wildman–Crippen LogP) is 1.18. The van der Waals surface area contributed by atoms with Gasteiger partial charge in [-0.3, -0.25) is 15.0 Å². The Morgan fingerprint density at radius 2 is 1.95 bits per heavy atom. The summed E-state index contributed by atoms with van der Waals surface area (Å²) in [5.41, 5.74) is 2.97. The second-order valence-electron chi connectivity index (χ2n) is 4.91. The summed E-state index contributed by atoms with van der Waals surface area (Å²) in [4.78, 5) is 25.4. The van der Waals surface area contributed by atoms with Crippen LogP contribution in [0.25, 0.3) is 10.8 Å². The highest BCUT2D eigenvalue weighted by Gasteiger charge is 2.35. The molecule has 1 heterocycles. The molecule has 102 valence electrons. The van der Waals surface area contributed by atoms with Gasteiger partial charge in [0.25, 0.3) is 0 Å². The average molecular weight is 269 g/mol. The molecule has 1 unspecified atom stereocenters. The van der Waals surface area contributed by atoms with Crippen LogP contribution in [0.5, 0.6) is 0 Å². The number of benzene rings is 2. The molecule has 0 aliphatic carbocycles. The van der Waals surface area contributed by atoms with Gasteiger partial charge in [0, 0.05) is 18.4 Å². The zero-order valence-electron chi connectivity index (χ0n) is 10.9. The summed E-state index contributed by atoms with van der Waals surface area (Å²) in [5.74, 6) is 4.42. The van der Waals surface area contributed by atoms with E-state index in [1.807, 2.05) is 42.5 Å². The van der Waals surface area contributed by atoms with Crippen LogP contribution in [0.4, 0.5) is 5.69 Å². The molecule has 0 bridgehead atoms. The van der Waals surface area contributed by atoms with E-state index in [2.05, 4.69) is 5.43 Å². The van der Waals surface area contributed by atoms with Gasteiger partial charge in [0.05, 0.1) is 11.6 Å². The molecule has 3 N–H and O–H groups in total. The molecule has 3 rings (SSSR count). The molecule has 20 heavy (non-hydrogen) atoms. The van der Waals surface area contributed by atoms with Crippen molar-refractivity contribution in [2.75, 3.05) is 11.4 Å². The molecule has 0 aromatic heterocycles. The van der Waals surface area contributed by atoms with Gasteiger partial charge in [0.2, 0.25) is 11.8 Å². The maximum absolute atomic E-state index is 12.2. The van der Waals surface area contributed by atoms with Gasteiger partial charge in [-0.05, 0) is 11.5 Å². The standard InChI is InChI=1S/C15H15N3O2/c16-17-15(20)11-8-14(19)18(9-11)13-7-3-5-10-4-1-2-6-12(10)13/h1-7,11H,8-9,16H2,(H,17,20). The van der Waals surface area contributed by atoms with E-state index in [1.54, 1.807) is 4.90 Å². The van der Waals surface area contributed by atoms with Crippen LogP contribution >= 0.6 is 0 Å². The van der Waals surface area contributed by atoms with Gasteiger partial charge in [0.1, 0.15) is 0 Å². The lowest BCUT2D eigenvalue weighted by molar-refractivity contribution is -0.126. The number of amides is 2. The minimum Gasteiger partial charge on any atom is -0.311 e. The lowest BCUT2D eigenvalue weighted by Gasteiger charge is -2.18. The maximum atomic E-state index is 12.2. The first-order valence-corrected chi connectivity index (χ1v) is 6.49. The van der Waals surface area contributed by atoms with Crippen molar-refractivity contribution < 1.29 is 9.59 Å². The number of carbonyl (C=O) groups excluding carboxylic acids is 2. The van der Waals surface area contributed by atoms with Crippen LogP contribution in [0.3, 0.4) is 0 Å². The lowest BCUT2D eigenvalue weighted by Crippen LogP contribution is -2.37. The molecule has 5 heteroatoms. The molecule has 0 radical (unpaired) electrons. The van der Waals surface area contributed by atoms with Crippen molar-refractivity contribution in [1.82, 2.24) is 5.43 Å². The number of hydrogen-bond acceptors (Lipinski definition) is 3. The number of hydrogen-bond donors (Lipinski definition) is 2. The quantitative estimate of drug-likeness (QED) is 0.488. The van der Waals surface area contributed by atoms with E-state index in [1.165, 1.54) is 0 Å². The molecule has 2 aromatic rings. The Bertz CT molecular complexity index is 678. The number of nitrogens with two attached hydrogens (primary N) is 1. The van der Waals surface area contributed by atoms with E-state index in [0.29, 0.717) is 6.54 Å². The third kappa shape index (κ3) is 2.02. The van der Waals surface area contributed by atoms with Gasteiger partial charge < -0.3 is 4.90 Å². The van der Waals surface area contributed by atoms with E-state index < -0.39 is 0 Å². The summed E-state index contributed by atoms with van der Waals surface area (Å²) in [6.07, 6.45) is 0.201. The monoisotopic (exact) mass is 269 g/mol. The Kier molecular flexibility index (Phi) is 3.12. The first-order chi connectivity index (χ1) is 9.70. The number of hydrazine groups is 1. The molecule has 0 spiro atoms. The van der Waals surface area contributed by atoms with Crippen molar-refractivity contribution in [2.24, 2.45) is 11.8 Å². The largest absolute Gasteiger partial charge is 0.311 e. The smallest absolute Gasteiger partial charge is 0.239 e. The number of rotatable bonds is 2. The summed E-state index contributed by atoms with van der Waals surface area (Å²) in [7, 11) is 0. The molecule has 1 atom stereocenters. The molecule has 2 aromatic carbocycles. The zero-order valence-corrected chi connectivity index (χ0v) is 10.9. The fraction of sp³-hybridized carbons (Fsp3) is 0.200. The number of fused-ring (bicyclic) bond motifs is 1. The van der Waals surface area contributed by atoms with Crippen LogP contribution in [0.15, 0.2) is 42.5 Å². The van der Waals surface area contributed by atoms with E-state index in [0.717, 1.165) is 16.5 Å². The second-order valence-corrected chi connectivity index (χ2v) is 4.91. The normalized spacial score (nSPS) is 18.6. The lowest BCUT2D eigenvalue weighted by atomic mass is 10.1. The Morgan fingerprint density at radius 3 is 2.75 bits per heavy atom. The fourth-order valence-electron chi connectivity index (χ4n) is 2.68. The van der Waals surface area contributed by atoms with E-state index in [4.69, 9.17) is 5.84 Å². The van der Waals surface area contributed by atoms with E-state index in [-0.39, 0.29) is 24.2 Å². The van der Waals surface area contributed by atoms with Crippen molar-refractivity contribution in [1.29, 1.82) is 0 Å². The van der Waals surface area contributed by atoms with Crippen LogP contribution in [-0.4, -0.2) is 18.4 Å². The summed E-state index contributed by atoms with van der Waals surface area (Å²) < 4.78 is 0. The Morgan fingerprint density at radius 1 is 1.20 bits per heavy atom. The number of anilines is 1. The van der Waals surface area contributed by atoms with Crippen molar-refractivity contribution in [3.63, 3.8) is 0 Å². The Labute approximate surface area is 116 Å². The predicted molar refractivity (Wildman–Crippen MR) is 76.7 cm³/mol. The van der Waals surface area contributed by atoms with Gasteiger partial charge in [-0.1, -0.05) is 36.4 Å². The minimum atomic E-state index is -0.383. The maximum Gasteiger partial charge on any atom is 0.239 e. The molecule has 1 saturated heterocycles. The fourth-order valence-corrected chi connectivity index (χ4v) is 2.68. The summed E-state index contributed by atoms with van der Waals surface area (Å²) in [6.45, 7) is 0.371. The molecule has 1 fully saturated rings. The van der Waals surface area contributed by atoms with Gasteiger partial charge >= 0.3 is 0 Å². The van der Waals surface area contributed by atoms with Crippen molar-refractivity contribution >= 4 is 28.3 Å². The third-order valence-corrected chi connectivity index (χ3v) is 3.70. The minimum absolute atomic E-state index is 0.0463. The zero-order chi connectivity index (χ0) is 14.1. The molecule has 1 aliphatic rings. The average Bonchev–Trinajstić information content (AvgIpc) is 2.87. The molecule has 2 amide bonds. The highest BCUT2D eigenvalue weighted by molar-refractivity contribution is 6.06. The first kappa shape index (κ1) is 12.6. The third-order valence-electron chi connectivity index (χ3n) is 3.70. The van der Waals surface area contributed by atoms with Gasteiger partial charge in [-0.25, -0.2) is 5.84 Å². The van der Waals surface area contributed by atoms with Crippen LogP contribution in [0.1, 0.15) is 6.42 Å². The highest BCUT2D eigenvalue weighted by Crippen LogP contribution is 2.31. The number of carbonyl (C=O) groups is 2. The number of nitrogens with one attached hydrogen (secondary N) is 1. The SMILES string of the molecule is NNC(=O)C1CC(=O)N(c2cccc3ccccc23)C1. The molecular weight excluding hydrogens is 254 g/mol. The Hall–Kier alpha value is -2.40. The highest BCUT2D eigenvalue weighted by atomic mass is 16.2. The Balaban J connectivity index is 2.00.